The van der Waals surface area contributed by atoms with Gasteiger partial charge in [0.25, 0.3) is 0 Å². The monoisotopic (exact) mass is 356 g/mol. The lowest BCUT2D eigenvalue weighted by molar-refractivity contribution is 0.330. The van der Waals surface area contributed by atoms with Crippen LogP contribution < -0.4 is 15.2 Å². The van der Waals surface area contributed by atoms with Crippen LogP contribution >= 0.6 is 27.3 Å². The van der Waals surface area contributed by atoms with Crippen molar-refractivity contribution in [3.63, 3.8) is 0 Å². The maximum absolute atomic E-state index is 5.70. The van der Waals surface area contributed by atoms with Gasteiger partial charge in [0, 0.05) is 17.5 Å². The lowest BCUT2D eigenvalue weighted by Gasteiger charge is -2.13. The van der Waals surface area contributed by atoms with Gasteiger partial charge in [0.1, 0.15) is 16.5 Å². The Labute approximate surface area is 131 Å². The average Bonchev–Trinajstić information content (AvgIpc) is 2.91. The van der Waals surface area contributed by atoms with E-state index in [4.69, 9.17) is 15.2 Å². The smallest absolute Gasteiger partial charge is 0.134 e. The van der Waals surface area contributed by atoms with Gasteiger partial charge in [-0.2, -0.15) is 0 Å². The lowest BCUT2D eigenvalue weighted by atomic mass is 10.1. The Kier molecular flexibility index (Phi) is 5.39. The van der Waals surface area contributed by atoms with E-state index in [0.29, 0.717) is 19.8 Å². The van der Waals surface area contributed by atoms with Crippen molar-refractivity contribution in [3.8, 4) is 22.8 Å². The van der Waals surface area contributed by atoms with E-state index in [1.165, 1.54) is 0 Å². The van der Waals surface area contributed by atoms with Gasteiger partial charge in [-0.25, -0.2) is 4.98 Å². The molecule has 0 aliphatic heterocycles. The second-order valence-electron chi connectivity index (χ2n) is 3.98. The van der Waals surface area contributed by atoms with Gasteiger partial charge in [0.15, 0.2) is 0 Å². The van der Waals surface area contributed by atoms with E-state index in [0.717, 1.165) is 32.2 Å². The molecule has 0 aliphatic carbocycles. The van der Waals surface area contributed by atoms with Gasteiger partial charge in [-0.15, -0.1) is 11.3 Å². The fourth-order valence-electron chi connectivity index (χ4n) is 1.80. The first-order valence-corrected chi connectivity index (χ1v) is 8.10. The fraction of sp³-hybridized carbons (Fsp3) is 0.357. The molecular formula is C14H17BrN2O2S. The fourth-order valence-corrected chi connectivity index (χ4v) is 2.92. The summed E-state index contributed by atoms with van der Waals surface area (Å²) >= 11 is 5.05. The molecule has 0 amide bonds. The zero-order valence-electron chi connectivity index (χ0n) is 11.5. The number of ether oxygens (including phenoxy) is 2. The number of hydrogen-bond donors (Lipinski definition) is 1. The molecule has 2 aromatic rings. The summed E-state index contributed by atoms with van der Waals surface area (Å²) in [6.07, 6.45) is 0. The van der Waals surface area contributed by atoms with Crippen molar-refractivity contribution in [1.82, 2.24) is 4.98 Å². The molecule has 4 nitrogen and oxygen atoms in total. The third-order valence-corrected chi connectivity index (χ3v) is 4.13. The quantitative estimate of drug-likeness (QED) is 0.854. The first kappa shape index (κ1) is 15.3. The lowest BCUT2D eigenvalue weighted by Crippen LogP contribution is -1.99. The topological polar surface area (TPSA) is 57.4 Å². The summed E-state index contributed by atoms with van der Waals surface area (Å²) in [7, 11) is 0. The molecular weight excluding hydrogens is 340 g/mol. The average molecular weight is 357 g/mol. The van der Waals surface area contributed by atoms with Crippen LogP contribution in [0.3, 0.4) is 0 Å². The molecule has 108 valence electrons. The van der Waals surface area contributed by atoms with E-state index in [9.17, 15) is 0 Å². The highest BCUT2D eigenvalue weighted by molar-refractivity contribution is 9.10. The minimum absolute atomic E-state index is 0.448. The van der Waals surface area contributed by atoms with Crippen LogP contribution in [0.25, 0.3) is 11.3 Å². The summed E-state index contributed by atoms with van der Waals surface area (Å²) in [5.41, 5.74) is 7.42. The molecule has 1 aromatic carbocycles. The maximum Gasteiger partial charge on any atom is 0.134 e. The van der Waals surface area contributed by atoms with Gasteiger partial charge in [-0.05, 0) is 41.9 Å². The number of nitrogens with zero attached hydrogens (tertiary/aromatic N) is 1. The molecule has 0 saturated heterocycles. The second kappa shape index (κ2) is 7.06. The molecule has 0 radical (unpaired) electrons. The Morgan fingerprint density at radius 2 is 1.90 bits per heavy atom. The molecule has 1 aromatic heterocycles. The second-order valence-corrected chi connectivity index (χ2v) is 5.77. The van der Waals surface area contributed by atoms with E-state index < -0.39 is 0 Å². The highest BCUT2D eigenvalue weighted by Crippen LogP contribution is 2.39. The van der Waals surface area contributed by atoms with Crippen molar-refractivity contribution in [2.75, 3.05) is 13.2 Å². The molecule has 0 unspecified atom stereocenters. The molecule has 0 aliphatic rings. The molecule has 6 heteroatoms. The van der Waals surface area contributed by atoms with Gasteiger partial charge in [-0.1, -0.05) is 0 Å². The van der Waals surface area contributed by atoms with Crippen molar-refractivity contribution in [2.24, 2.45) is 5.73 Å². The van der Waals surface area contributed by atoms with Crippen LogP contribution in [0.2, 0.25) is 0 Å². The van der Waals surface area contributed by atoms with E-state index in [2.05, 4.69) is 20.9 Å². The third-order valence-electron chi connectivity index (χ3n) is 2.64. The Morgan fingerprint density at radius 1 is 1.20 bits per heavy atom. The van der Waals surface area contributed by atoms with Crippen LogP contribution in [0.5, 0.6) is 11.5 Å². The van der Waals surface area contributed by atoms with Crippen molar-refractivity contribution in [1.29, 1.82) is 0 Å². The van der Waals surface area contributed by atoms with Crippen LogP contribution in [0.1, 0.15) is 18.9 Å². The standard InChI is InChI=1S/C14H17BrN2O2S/c1-3-18-12-6-10(15)13(19-4-2)5-9(12)11-8-20-14(7-16)17-11/h5-6,8H,3-4,7,16H2,1-2H3. The Hall–Kier alpha value is -1.11. The largest absolute Gasteiger partial charge is 0.493 e. The van der Waals surface area contributed by atoms with E-state index in [1.54, 1.807) is 11.3 Å². The molecule has 0 bridgehead atoms. The Morgan fingerprint density at radius 3 is 2.50 bits per heavy atom. The first-order valence-electron chi connectivity index (χ1n) is 6.43. The zero-order valence-corrected chi connectivity index (χ0v) is 13.9. The van der Waals surface area contributed by atoms with Crippen molar-refractivity contribution < 1.29 is 9.47 Å². The van der Waals surface area contributed by atoms with Gasteiger partial charge in [0.2, 0.25) is 0 Å². The number of nitrogens with two attached hydrogens (primary N) is 1. The maximum atomic E-state index is 5.70. The molecule has 1 heterocycles. The number of benzene rings is 1. The van der Waals surface area contributed by atoms with Crippen molar-refractivity contribution in [2.45, 2.75) is 20.4 Å². The highest BCUT2D eigenvalue weighted by atomic mass is 79.9. The number of hydrogen-bond acceptors (Lipinski definition) is 5. The Bertz CT molecular complexity index is 587. The van der Waals surface area contributed by atoms with Crippen LogP contribution in [0.15, 0.2) is 22.0 Å². The van der Waals surface area contributed by atoms with Crippen LogP contribution in [-0.4, -0.2) is 18.2 Å². The number of thiazole rings is 1. The van der Waals surface area contributed by atoms with E-state index in [1.807, 2.05) is 31.4 Å². The predicted molar refractivity (Wildman–Crippen MR) is 85.5 cm³/mol. The number of aromatic nitrogens is 1. The highest BCUT2D eigenvalue weighted by Gasteiger charge is 2.14. The molecule has 0 atom stereocenters. The molecule has 2 rings (SSSR count). The van der Waals surface area contributed by atoms with Crippen molar-refractivity contribution >= 4 is 27.3 Å². The number of halogens is 1. The van der Waals surface area contributed by atoms with Crippen LogP contribution in [0.4, 0.5) is 0 Å². The third kappa shape index (κ3) is 3.31. The Balaban J connectivity index is 2.49. The molecule has 0 fully saturated rings. The molecule has 2 N–H and O–H groups in total. The summed E-state index contributed by atoms with van der Waals surface area (Å²) in [5, 5.41) is 2.90. The van der Waals surface area contributed by atoms with Gasteiger partial charge < -0.3 is 15.2 Å². The predicted octanol–water partition coefficient (Wildman–Crippen LogP) is 3.83. The van der Waals surface area contributed by atoms with Crippen LogP contribution in [-0.2, 0) is 6.54 Å². The molecule has 20 heavy (non-hydrogen) atoms. The van der Waals surface area contributed by atoms with Crippen molar-refractivity contribution in [3.05, 3.63) is 27.0 Å². The summed E-state index contributed by atoms with van der Waals surface area (Å²) in [6.45, 7) is 5.57. The van der Waals surface area contributed by atoms with E-state index in [-0.39, 0.29) is 0 Å². The van der Waals surface area contributed by atoms with Gasteiger partial charge >= 0.3 is 0 Å². The van der Waals surface area contributed by atoms with Crippen LogP contribution in [0, 0.1) is 0 Å². The summed E-state index contributed by atoms with van der Waals surface area (Å²) in [4.78, 5) is 4.52. The van der Waals surface area contributed by atoms with Gasteiger partial charge in [-0.3, -0.25) is 0 Å². The molecule has 0 saturated carbocycles. The normalized spacial score (nSPS) is 10.6. The minimum atomic E-state index is 0.448. The first-order chi connectivity index (χ1) is 9.69. The SMILES string of the molecule is CCOc1cc(-c2csc(CN)n2)c(OCC)cc1Br. The minimum Gasteiger partial charge on any atom is -0.493 e. The summed E-state index contributed by atoms with van der Waals surface area (Å²) in [6, 6.07) is 3.87. The summed E-state index contributed by atoms with van der Waals surface area (Å²) in [5.74, 6) is 1.57. The summed E-state index contributed by atoms with van der Waals surface area (Å²) < 4.78 is 12.2. The van der Waals surface area contributed by atoms with Gasteiger partial charge in [0.05, 0.1) is 23.4 Å². The number of rotatable bonds is 6. The zero-order chi connectivity index (χ0) is 14.5. The molecule has 0 spiro atoms. The van der Waals surface area contributed by atoms with E-state index >= 15 is 0 Å².